The van der Waals surface area contributed by atoms with Crippen molar-refractivity contribution in [3.8, 4) is 0 Å². The molecular weight excluding hydrogens is 250 g/mol. The molecule has 0 saturated heterocycles. The highest BCUT2D eigenvalue weighted by Crippen LogP contribution is 2.26. The lowest BCUT2D eigenvalue weighted by Gasteiger charge is -2.13. The summed E-state index contributed by atoms with van der Waals surface area (Å²) in [6.07, 6.45) is 9.71. The van der Waals surface area contributed by atoms with Crippen LogP contribution < -0.4 is 5.32 Å². The molecule has 1 unspecified atom stereocenters. The maximum Gasteiger partial charge on any atom is 0.0302 e. The van der Waals surface area contributed by atoms with Gasteiger partial charge in [0.1, 0.15) is 0 Å². The van der Waals surface area contributed by atoms with E-state index < -0.39 is 0 Å². The smallest absolute Gasteiger partial charge is 0.0302 e. The van der Waals surface area contributed by atoms with E-state index in [0.29, 0.717) is 6.04 Å². The molecule has 0 spiro atoms. The Morgan fingerprint density at radius 1 is 1.05 bits per heavy atom. The highest BCUT2D eigenvalue weighted by Gasteiger charge is 2.09. The van der Waals surface area contributed by atoms with E-state index in [9.17, 15) is 0 Å². The molecule has 1 aromatic heterocycles. The number of nitrogens with one attached hydrogen (secondary N) is 1. The molecule has 0 aliphatic heterocycles. The first-order chi connectivity index (χ1) is 9.15. The van der Waals surface area contributed by atoms with Crippen molar-refractivity contribution in [2.24, 2.45) is 0 Å². The molecule has 0 aliphatic carbocycles. The zero-order valence-corrected chi connectivity index (χ0v) is 14.0. The first-order valence-electron chi connectivity index (χ1n) is 7.95. The second-order valence-corrected chi connectivity index (χ2v) is 7.13. The van der Waals surface area contributed by atoms with E-state index in [0.717, 1.165) is 6.54 Å². The third-order valence-corrected chi connectivity index (χ3v) is 4.76. The van der Waals surface area contributed by atoms with Crippen LogP contribution >= 0.6 is 11.3 Å². The second-order valence-electron chi connectivity index (χ2n) is 5.67. The third-order valence-electron chi connectivity index (χ3n) is 3.78. The van der Waals surface area contributed by atoms with Crippen LogP contribution in [0.1, 0.15) is 80.2 Å². The molecule has 0 fully saturated rings. The molecule has 1 nitrogen and oxygen atoms in total. The Hall–Kier alpha value is -0.340. The second kappa shape index (κ2) is 9.55. The van der Waals surface area contributed by atoms with Crippen LogP contribution in [0, 0.1) is 13.8 Å². The number of hydrogen-bond acceptors (Lipinski definition) is 2. The minimum Gasteiger partial charge on any atom is -0.310 e. The van der Waals surface area contributed by atoms with E-state index in [1.807, 2.05) is 11.3 Å². The molecule has 19 heavy (non-hydrogen) atoms. The van der Waals surface area contributed by atoms with E-state index in [1.165, 1.54) is 60.3 Å². The van der Waals surface area contributed by atoms with Gasteiger partial charge < -0.3 is 5.32 Å². The fraction of sp³-hybridized carbons (Fsp3) is 0.765. The monoisotopic (exact) mass is 281 g/mol. The Morgan fingerprint density at radius 3 is 2.26 bits per heavy atom. The summed E-state index contributed by atoms with van der Waals surface area (Å²) in [5, 5.41) is 3.66. The van der Waals surface area contributed by atoms with Crippen LogP contribution in [-0.4, -0.2) is 6.54 Å². The van der Waals surface area contributed by atoms with Crippen LogP contribution in [0.5, 0.6) is 0 Å². The number of thiophene rings is 1. The summed E-state index contributed by atoms with van der Waals surface area (Å²) in [6, 6.07) is 2.84. The third kappa shape index (κ3) is 6.58. The highest BCUT2D eigenvalue weighted by atomic mass is 32.1. The molecule has 0 saturated carbocycles. The van der Waals surface area contributed by atoms with Gasteiger partial charge in [-0.25, -0.2) is 0 Å². The van der Waals surface area contributed by atoms with E-state index in [-0.39, 0.29) is 0 Å². The minimum absolute atomic E-state index is 0.505. The van der Waals surface area contributed by atoms with Gasteiger partial charge in [0.25, 0.3) is 0 Å². The molecular formula is C17H31NS. The van der Waals surface area contributed by atoms with Gasteiger partial charge in [-0.2, -0.15) is 0 Å². The van der Waals surface area contributed by atoms with Gasteiger partial charge in [-0.3, -0.25) is 0 Å². The van der Waals surface area contributed by atoms with Gasteiger partial charge in [0, 0.05) is 15.8 Å². The van der Waals surface area contributed by atoms with Crippen molar-refractivity contribution in [1.29, 1.82) is 0 Å². The molecule has 1 heterocycles. The van der Waals surface area contributed by atoms with Crippen molar-refractivity contribution >= 4 is 11.3 Å². The summed E-state index contributed by atoms with van der Waals surface area (Å²) in [5.41, 5.74) is 1.49. The van der Waals surface area contributed by atoms with Gasteiger partial charge in [-0.05, 0) is 45.4 Å². The summed E-state index contributed by atoms with van der Waals surface area (Å²) >= 11 is 1.91. The first-order valence-corrected chi connectivity index (χ1v) is 8.77. The van der Waals surface area contributed by atoms with Crippen LogP contribution in [0.25, 0.3) is 0 Å². The standard InChI is InChI=1S/C17H31NS/c1-5-6-7-8-9-10-11-12-18-15(3)17-13-14(2)19-16(17)4/h13,15,18H,5-12H2,1-4H3. The summed E-state index contributed by atoms with van der Waals surface area (Å²) < 4.78 is 0. The maximum absolute atomic E-state index is 3.66. The SMILES string of the molecule is CCCCCCCCCNC(C)c1cc(C)sc1C. The highest BCUT2D eigenvalue weighted by molar-refractivity contribution is 7.12. The number of unbranched alkanes of at least 4 members (excludes halogenated alkanes) is 6. The summed E-state index contributed by atoms with van der Waals surface area (Å²) in [6.45, 7) is 10.2. The van der Waals surface area contributed by atoms with Gasteiger partial charge in [0.05, 0.1) is 0 Å². The molecule has 1 N–H and O–H groups in total. The molecule has 1 atom stereocenters. The zero-order valence-electron chi connectivity index (χ0n) is 13.2. The average molecular weight is 282 g/mol. The Balaban J connectivity index is 2.08. The van der Waals surface area contributed by atoms with Gasteiger partial charge >= 0.3 is 0 Å². The largest absolute Gasteiger partial charge is 0.310 e. The molecule has 0 radical (unpaired) electrons. The van der Waals surface area contributed by atoms with Crippen LogP contribution in [0.3, 0.4) is 0 Å². The minimum atomic E-state index is 0.505. The van der Waals surface area contributed by atoms with Crippen molar-refractivity contribution in [3.05, 3.63) is 21.4 Å². The van der Waals surface area contributed by atoms with Crippen molar-refractivity contribution < 1.29 is 0 Å². The quantitative estimate of drug-likeness (QED) is 0.537. The van der Waals surface area contributed by atoms with Crippen LogP contribution in [0.15, 0.2) is 6.07 Å². The van der Waals surface area contributed by atoms with E-state index in [2.05, 4.69) is 39.1 Å². The van der Waals surface area contributed by atoms with Crippen molar-refractivity contribution in [2.75, 3.05) is 6.54 Å². The van der Waals surface area contributed by atoms with Gasteiger partial charge in [0.15, 0.2) is 0 Å². The van der Waals surface area contributed by atoms with Crippen molar-refractivity contribution in [2.45, 2.75) is 78.7 Å². The summed E-state index contributed by atoms with van der Waals surface area (Å²) in [7, 11) is 0. The van der Waals surface area contributed by atoms with Crippen molar-refractivity contribution in [1.82, 2.24) is 5.32 Å². The first kappa shape index (κ1) is 16.7. The number of aryl methyl sites for hydroxylation is 2. The Labute approximate surface area is 123 Å². The molecule has 2 heteroatoms. The zero-order chi connectivity index (χ0) is 14.1. The number of hydrogen-bond donors (Lipinski definition) is 1. The lowest BCUT2D eigenvalue weighted by atomic mass is 10.1. The molecule has 110 valence electrons. The average Bonchev–Trinajstić information content (AvgIpc) is 2.71. The van der Waals surface area contributed by atoms with E-state index in [4.69, 9.17) is 0 Å². The van der Waals surface area contributed by atoms with Crippen LogP contribution in [0.2, 0.25) is 0 Å². The normalized spacial score (nSPS) is 12.8. The topological polar surface area (TPSA) is 12.0 Å². The molecule has 0 bridgehead atoms. The van der Waals surface area contributed by atoms with Gasteiger partial charge in [-0.1, -0.05) is 45.4 Å². The molecule has 0 amide bonds. The molecule has 0 aromatic carbocycles. The fourth-order valence-corrected chi connectivity index (χ4v) is 3.61. The predicted molar refractivity (Wildman–Crippen MR) is 88.2 cm³/mol. The van der Waals surface area contributed by atoms with Gasteiger partial charge in [-0.15, -0.1) is 11.3 Å². The molecule has 1 aromatic rings. The number of rotatable bonds is 10. The molecule has 0 aliphatic rings. The van der Waals surface area contributed by atoms with Crippen LogP contribution in [0.4, 0.5) is 0 Å². The Bertz CT molecular complexity index is 343. The molecule has 1 rings (SSSR count). The fourth-order valence-electron chi connectivity index (χ4n) is 2.59. The van der Waals surface area contributed by atoms with Crippen LogP contribution in [-0.2, 0) is 0 Å². The summed E-state index contributed by atoms with van der Waals surface area (Å²) in [5.74, 6) is 0. The Kier molecular flexibility index (Phi) is 8.40. The lowest BCUT2D eigenvalue weighted by Crippen LogP contribution is -2.19. The van der Waals surface area contributed by atoms with E-state index in [1.54, 1.807) is 0 Å². The Morgan fingerprint density at radius 2 is 1.68 bits per heavy atom. The van der Waals surface area contributed by atoms with E-state index >= 15 is 0 Å². The summed E-state index contributed by atoms with van der Waals surface area (Å²) in [4.78, 5) is 2.90. The maximum atomic E-state index is 3.66. The predicted octanol–water partition coefficient (Wildman–Crippen LogP) is 5.77. The van der Waals surface area contributed by atoms with Crippen molar-refractivity contribution in [3.63, 3.8) is 0 Å². The lowest BCUT2D eigenvalue weighted by molar-refractivity contribution is 0.524. The van der Waals surface area contributed by atoms with Gasteiger partial charge in [0.2, 0.25) is 0 Å².